The summed E-state index contributed by atoms with van der Waals surface area (Å²) < 4.78 is 0. The lowest BCUT2D eigenvalue weighted by Gasteiger charge is -2.15. The number of likely N-dealkylation sites (N-methyl/N-ethyl adjacent to an activating group) is 1. The lowest BCUT2D eigenvalue weighted by Crippen LogP contribution is -2.28. The molecule has 0 aliphatic heterocycles. The Balaban J connectivity index is 2.05. The quantitative estimate of drug-likeness (QED) is 0.638. The number of rotatable bonds is 7. The van der Waals surface area contributed by atoms with Crippen LogP contribution in [0, 0.1) is 0 Å². The van der Waals surface area contributed by atoms with Crippen LogP contribution in [0.3, 0.4) is 0 Å². The summed E-state index contributed by atoms with van der Waals surface area (Å²) in [5, 5.41) is 11.9. The maximum absolute atomic E-state index is 10.4. The highest BCUT2D eigenvalue weighted by Gasteiger charge is 2.03. The molecule has 0 bridgehead atoms. The zero-order valence-electron chi connectivity index (χ0n) is 9.78. The van der Waals surface area contributed by atoms with Gasteiger partial charge >= 0.3 is 5.97 Å². The van der Waals surface area contributed by atoms with Crippen LogP contribution in [0.25, 0.3) is 0 Å². The van der Waals surface area contributed by atoms with Gasteiger partial charge in [0, 0.05) is 18.8 Å². The average Bonchev–Trinajstić information content (AvgIpc) is 2.25. The minimum atomic E-state index is -0.770. The molecule has 0 unspecified atom stereocenters. The Morgan fingerprint density at radius 2 is 2.38 bits per heavy atom. The number of hydrogen-bond acceptors (Lipinski definition) is 3. The summed E-state index contributed by atoms with van der Waals surface area (Å²) in [5.41, 5.74) is 1.19. The van der Waals surface area contributed by atoms with Gasteiger partial charge in [-0.25, -0.2) is 0 Å². The molecule has 0 aromatic rings. The molecular weight excluding hydrogens is 204 g/mol. The molecule has 0 atom stereocenters. The standard InChI is InChI=1S/C12H20N2O2/c1-14(10-12(15)16)9-5-8-13-11-6-3-2-4-7-11/h3,6-7,13H,2,4-5,8-10H2,1H3,(H,15,16). The number of allylic oxidation sites excluding steroid dienone is 3. The van der Waals surface area contributed by atoms with Gasteiger partial charge in [-0.05, 0) is 32.4 Å². The Hall–Kier alpha value is -1.29. The van der Waals surface area contributed by atoms with Crippen molar-refractivity contribution < 1.29 is 9.90 Å². The van der Waals surface area contributed by atoms with Gasteiger partial charge in [-0.1, -0.05) is 12.2 Å². The molecule has 0 fully saturated rings. The molecule has 0 heterocycles. The van der Waals surface area contributed by atoms with Crippen molar-refractivity contribution in [1.82, 2.24) is 10.2 Å². The summed E-state index contributed by atoms with van der Waals surface area (Å²) in [6.45, 7) is 1.80. The van der Waals surface area contributed by atoms with Crippen molar-refractivity contribution in [3.63, 3.8) is 0 Å². The van der Waals surface area contributed by atoms with Gasteiger partial charge in [-0.2, -0.15) is 0 Å². The van der Waals surface area contributed by atoms with Gasteiger partial charge in [-0.15, -0.1) is 0 Å². The first-order valence-corrected chi connectivity index (χ1v) is 5.69. The topological polar surface area (TPSA) is 52.6 Å². The second-order valence-electron chi connectivity index (χ2n) is 4.05. The maximum atomic E-state index is 10.4. The summed E-state index contributed by atoms with van der Waals surface area (Å²) in [4.78, 5) is 12.2. The third-order valence-electron chi connectivity index (χ3n) is 2.45. The maximum Gasteiger partial charge on any atom is 0.317 e. The zero-order chi connectivity index (χ0) is 11.8. The first kappa shape index (κ1) is 12.8. The summed E-state index contributed by atoms with van der Waals surface area (Å²) in [6, 6.07) is 0. The number of carbonyl (C=O) groups is 1. The molecular formula is C12H20N2O2. The van der Waals surface area contributed by atoms with Crippen LogP contribution in [0.2, 0.25) is 0 Å². The predicted octanol–water partition coefficient (Wildman–Crippen LogP) is 1.22. The van der Waals surface area contributed by atoms with Crippen LogP contribution in [-0.2, 0) is 4.79 Å². The Bertz CT molecular complexity index is 285. The van der Waals surface area contributed by atoms with Gasteiger partial charge in [0.1, 0.15) is 0 Å². The molecule has 1 aliphatic carbocycles. The fourth-order valence-corrected chi connectivity index (χ4v) is 1.64. The number of nitrogens with one attached hydrogen (secondary N) is 1. The van der Waals surface area contributed by atoms with E-state index in [-0.39, 0.29) is 6.54 Å². The van der Waals surface area contributed by atoms with Crippen molar-refractivity contribution in [3.05, 3.63) is 23.9 Å². The second-order valence-corrected chi connectivity index (χ2v) is 4.05. The minimum absolute atomic E-state index is 0.114. The summed E-state index contributed by atoms with van der Waals surface area (Å²) in [7, 11) is 1.83. The molecule has 90 valence electrons. The van der Waals surface area contributed by atoms with E-state index in [1.54, 1.807) is 0 Å². The number of hydrogen-bond donors (Lipinski definition) is 2. The van der Waals surface area contributed by atoms with E-state index in [1.807, 2.05) is 11.9 Å². The van der Waals surface area contributed by atoms with Crippen LogP contribution >= 0.6 is 0 Å². The molecule has 4 heteroatoms. The predicted molar refractivity (Wildman–Crippen MR) is 64.2 cm³/mol. The zero-order valence-corrected chi connectivity index (χ0v) is 9.78. The lowest BCUT2D eigenvalue weighted by atomic mass is 10.1. The fourth-order valence-electron chi connectivity index (χ4n) is 1.64. The largest absolute Gasteiger partial charge is 0.480 e. The van der Waals surface area contributed by atoms with Crippen molar-refractivity contribution in [1.29, 1.82) is 0 Å². The fraction of sp³-hybridized carbons (Fsp3) is 0.583. The Kier molecular flexibility index (Phi) is 5.64. The molecule has 4 nitrogen and oxygen atoms in total. The number of nitrogens with zero attached hydrogens (tertiary/aromatic N) is 1. The monoisotopic (exact) mass is 224 g/mol. The van der Waals surface area contributed by atoms with Crippen LogP contribution in [0.1, 0.15) is 19.3 Å². The number of carboxylic acids is 1. The number of aliphatic carboxylic acids is 1. The third-order valence-corrected chi connectivity index (χ3v) is 2.45. The van der Waals surface area contributed by atoms with Crippen LogP contribution in [0.4, 0.5) is 0 Å². The smallest absolute Gasteiger partial charge is 0.317 e. The summed E-state index contributed by atoms with van der Waals surface area (Å²) in [6.07, 6.45) is 9.66. The van der Waals surface area contributed by atoms with Gasteiger partial charge in [-0.3, -0.25) is 9.69 Å². The second kappa shape index (κ2) is 7.06. The van der Waals surface area contributed by atoms with Crippen LogP contribution in [0.5, 0.6) is 0 Å². The third kappa shape index (κ3) is 5.56. The minimum Gasteiger partial charge on any atom is -0.480 e. The first-order chi connectivity index (χ1) is 7.68. The summed E-state index contributed by atoms with van der Waals surface area (Å²) in [5.74, 6) is -0.770. The van der Waals surface area contributed by atoms with Crippen LogP contribution < -0.4 is 5.32 Å². The van der Waals surface area contributed by atoms with Gasteiger partial charge in [0.15, 0.2) is 0 Å². The van der Waals surface area contributed by atoms with Crippen molar-refractivity contribution in [2.24, 2.45) is 0 Å². The van der Waals surface area contributed by atoms with E-state index in [0.717, 1.165) is 32.4 Å². The highest BCUT2D eigenvalue weighted by Crippen LogP contribution is 2.06. The molecule has 0 spiro atoms. The molecule has 16 heavy (non-hydrogen) atoms. The van der Waals surface area contributed by atoms with E-state index in [2.05, 4.69) is 23.5 Å². The Labute approximate surface area is 96.6 Å². The van der Waals surface area contributed by atoms with E-state index >= 15 is 0 Å². The van der Waals surface area contributed by atoms with Gasteiger partial charge in [0.25, 0.3) is 0 Å². The van der Waals surface area contributed by atoms with Crippen molar-refractivity contribution in [3.8, 4) is 0 Å². The molecule has 0 radical (unpaired) electrons. The molecule has 2 N–H and O–H groups in total. The van der Waals surface area contributed by atoms with E-state index < -0.39 is 5.97 Å². The van der Waals surface area contributed by atoms with Crippen LogP contribution in [-0.4, -0.2) is 42.7 Å². The normalized spacial score (nSPS) is 15.0. The van der Waals surface area contributed by atoms with E-state index in [4.69, 9.17) is 5.11 Å². The van der Waals surface area contributed by atoms with E-state index in [0.29, 0.717) is 0 Å². The van der Waals surface area contributed by atoms with E-state index in [1.165, 1.54) is 5.70 Å². The molecule has 0 saturated carbocycles. The van der Waals surface area contributed by atoms with Gasteiger partial charge in [0.05, 0.1) is 6.54 Å². The highest BCUT2D eigenvalue weighted by molar-refractivity contribution is 5.68. The Morgan fingerprint density at radius 1 is 1.56 bits per heavy atom. The molecule has 0 saturated heterocycles. The van der Waals surface area contributed by atoms with Gasteiger partial charge in [0.2, 0.25) is 0 Å². The van der Waals surface area contributed by atoms with Crippen molar-refractivity contribution in [2.75, 3.05) is 26.7 Å². The Morgan fingerprint density at radius 3 is 3.00 bits per heavy atom. The molecule has 0 aromatic heterocycles. The van der Waals surface area contributed by atoms with E-state index in [9.17, 15) is 4.79 Å². The van der Waals surface area contributed by atoms with Crippen molar-refractivity contribution in [2.45, 2.75) is 19.3 Å². The van der Waals surface area contributed by atoms with Crippen LogP contribution in [0.15, 0.2) is 23.9 Å². The van der Waals surface area contributed by atoms with Crippen molar-refractivity contribution >= 4 is 5.97 Å². The summed E-state index contributed by atoms with van der Waals surface area (Å²) >= 11 is 0. The lowest BCUT2D eigenvalue weighted by molar-refractivity contribution is -0.137. The highest BCUT2D eigenvalue weighted by atomic mass is 16.4. The molecule has 1 rings (SSSR count). The molecule has 0 amide bonds. The SMILES string of the molecule is CN(CCCNC1=CCCC=C1)CC(=O)O. The number of carboxylic acid groups (broad SMARTS) is 1. The first-order valence-electron chi connectivity index (χ1n) is 5.69. The molecule has 1 aliphatic rings. The van der Waals surface area contributed by atoms with Gasteiger partial charge < -0.3 is 10.4 Å². The average molecular weight is 224 g/mol. The molecule has 0 aromatic carbocycles.